The second-order valence-electron chi connectivity index (χ2n) is 9.84. The molecule has 3 heterocycles. The second kappa shape index (κ2) is 8.01. The van der Waals surface area contributed by atoms with Crippen LogP contribution in [0, 0.1) is 12.7 Å². The van der Waals surface area contributed by atoms with Gasteiger partial charge in [0.2, 0.25) is 0 Å². The first-order chi connectivity index (χ1) is 17.3. The van der Waals surface area contributed by atoms with Crippen LogP contribution < -0.4 is 15.1 Å². The molecule has 0 unspecified atom stereocenters. The lowest BCUT2D eigenvalue weighted by molar-refractivity contribution is 0.169. The lowest BCUT2D eigenvalue weighted by Crippen LogP contribution is -2.55. The van der Waals surface area contributed by atoms with E-state index in [1.807, 2.05) is 62.3 Å². The summed E-state index contributed by atoms with van der Waals surface area (Å²) in [4.78, 5) is 20.6. The third-order valence-electron chi connectivity index (χ3n) is 7.04. The number of hydrogen-bond acceptors (Lipinski definition) is 4. The predicted octanol–water partition coefficient (Wildman–Crippen LogP) is 5.20. The van der Waals surface area contributed by atoms with Crippen LogP contribution in [-0.2, 0) is 0 Å². The summed E-state index contributed by atoms with van der Waals surface area (Å²) in [5.74, 6) is -0.284. The smallest absolute Gasteiger partial charge is 0.199 e. The maximum absolute atomic E-state index is 16.7. The van der Waals surface area contributed by atoms with Gasteiger partial charge in [-0.3, -0.25) is 9.69 Å². The van der Waals surface area contributed by atoms with Gasteiger partial charge in [-0.2, -0.15) is 0 Å². The van der Waals surface area contributed by atoms with E-state index in [1.165, 1.54) is 12.0 Å². The number of fused-ring (bicyclic) bond motifs is 4. The second-order valence-corrected chi connectivity index (χ2v) is 9.84. The molecule has 4 aromatic rings. The van der Waals surface area contributed by atoms with Gasteiger partial charge >= 0.3 is 0 Å². The fourth-order valence-corrected chi connectivity index (χ4v) is 5.44. The predicted molar refractivity (Wildman–Crippen MR) is 138 cm³/mol. The first-order valence-electron chi connectivity index (χ1n) is 13.2. The average molecular weight is 468 g/mol. The molecule has 180 valence electrons. The van der Waals surface area contributed by atoms with E-state index in [2.05, 4.69) is 4.98 Å². The van der Waals surface area contributed by atoms with Gasteiger partial charge in [-0.05, 0) is 59.3 Å². The molecule has 0 bridgehead atoms. The van der Waals surface area contributed by atoms with Crippen molar-refractivity contribution in [1.82, 2.24) is 14.5 Å². The van der Waals surface area contributed by atoms with Gasteiger partial charge in [-0.1, -0.05) is 12.1 Å². The summed E-state index contributed by atoms with van der Waals surface area (Å²) < 4.78 is 48.0. The summed E-state index contributed by atoms with van der Waals surface area (Å²) in [6.45, 7) is 7.95. The third kappa shape index (κ3) is 3.21. The monoisotopic (exact) mass is 467 g/mol. The summed E-state index contributed by atoms with van der Waals surface area (Å²) in [6.07, 6.45) is 0. The van der Waals surface area contributed by atoms with Crippen molar-refractivity contribution in [2.24, 2.45) is 0 Å². The summed E-state index contributed by atoms with van der Waals surface area (Å²) in [5.41, 5.74) is 2.67. The standard InChI is InChI=1S/C27H33FN4O2/c1-14(2)32-24-19(26(33)22-18-9-8-15(3)10-20(18)29-27(22)32)11-21(34-7)25(23(24)28)31-12-16(4)30(6)17(5)13-31/h8-11,14,16-17,29H,12-13H2,1-7H3/t16-,17+/i6D3. The molecule has 1 N–H and O–H groups in total. The molecule has 1 aliphatic rings. The van der Waals surface area contributed by atoms with Gasteiger partial charge in [-0.25, -0.2) is 4.39 Å². The molecule has 6 nitrogen and oxygen atoms in total. The molecule has 1 aliphatic heterocycles. The fourth-order valence-electron chi connectivity index (χ4n) is 5.44. The van der Waals surface area contributed by atoms with Crippen molar-refractivity contribution < 1.29 is 13.2 Å². The number of ether oxygens (including phenoxy) is 1. The molecular weight excluding hydrogens is 431 g/mol. The van der Waals surface area contributed by atoms with Crippen LogP contribution in [0.3, 0.4) is 0 Å². The molecule has 2 atom stereocenters. The number of hydrogen-bond donors (Lipinski definition) is 1. The minimum atomic E-state index is -2.24. The van der Waals surface area contributed by atoms with Crippen LogP contribution in [0.4, 0.5) is 10.1 Å². The van der Waals surface area contributed by atoms with Crippen molar-refractivity contribution in [2.45, 2.75) is 52.7 Å². The van der Waals surface area contributed by atoms with Gasteiger partial charge in [0.1, 0.15) is 17.1 Å². The Morgan fingerprint density at radius 2 is 1.88 bits per heavy atom. The molecule has 1 fully saturated rings. The summed E-state index contributed by atoms with van der Waals surface area (Å²) in [7, 11) is 1.46. The lowest BCUT2D eigenvalue weighted by Gasteiger charge is -2.44. The van der Waals surface area contributed by atoms with E-state index in [9.17, 15) is 4.79 Å². The Morgan fingerprint density at radius 3 is 2.50 bits per heavy atom. The molecule has 0 spiro atoms. The maximum Gasteiger partial charge on any atom is 0.199 e. The van der Waals surface area contributed by atoms with Crippen molar-refractivity contribution >= 4 is 38.5 Å². The van der Waals surface area contributed by atoms with E-state index >= 15 is 4.39 Å². The molecule has 7 heteroatoms. The molecule has 0 radical (unpaired) electrons. The third-order valence-corrected chi connectivity index (χ3v) is 7.04. The first kappa shape index (κ1) is 19.3. The number of aromatic amines is 1. The minimum Gasteiger partial charge on any atom is -0.494 e. The quantitative estimate of drug-likeness (QED) is 0.450. The van der Waals surface area contributed by atoms with Crippen LogP contribution in [0.25, 0.3) is 32.8 Å². The van der Waals surface area contributed by atoms with Crippen LogP contribution in [0.15, 0.2) is 29.1 Å². The zero-order valence-corrected chi connectivity index (χ0v) is 20.5. The number of halogens is 1. The number of nitrogens with zero attached hydrogens (tertiary/aromatic N) is 3. The Bertz CT molecular complexity index is 1580. The molecule has 2 aromatic heterocycles. The number of likely N-dealkylation sites (N-methyl/N-ethyl adjacent to an activating group) is 1. The summed E-state index contributed by atoms with van der Waals surface area (Å²) >= 11 is 0. The zero-order valence-electron chi connectivity index (χ0n) is 23.5. The molecule has 34 heavy (non-hydrogen) atoms. The summed E-state index contributed by atoms with van der Waals surface area (Å²) in [5, 5.41) is 1.58. The van der Waals surface area contributed by atoms with Crippen LogP contribution in [0.1, 0.15) is 43.4 Å². The highest BCUT2D eigenvalue weighted by Crippen LogP contribution is 2.40. The van der Waals surface area contributed by atoms with Crippen molar-refractivity contribution in [3.63, 3.8) is 0 Å². The number of H-pyrrole nitrogens is 1. The van der Waals surface area contributed by atoms with Crippen LogP contribution in [0.5, 0.6) is 5.75 Å². The van der Waals surface area contributed by atoms with Crippen molar-refractivity contribution in [2.75, 3.05) is 32.1 Å². The topological polar surface area (TPSA) is 53.5 Å². The van der Waals surface area contributed by atoms with Gasteiger partial charge in [0.15, 0.2) is 11.2 Å². The van der Waals surface area contributed by atoms with Crippen LogP contribution in [-0.4, -0.2) is 53.7 Å². The van der Waals surface area contributed by atoms with Gasteiger partial charge in [0.25, 0.3) is 0 Å². The lowest BCUT2D eigenvalue weighted by atomic mass is 10.0. The number of aryl methyl sites for hydroxylation is 1. The van der Waals surface area contributed by atoms with E-state index in [0.717, 1.165) is 16.5 Å². The molecule has 5 rings (SSSR count). The zero-order chi connectivity index (χ0) is 27.0. The normalized spacial score (nSPS) is 21.4. The van der Waals surface area contributed by atoms with Gasteiger partial charge in [0.05, 0.1) is 23.4 Å². The maximum atomic E-state index is 16.7. The number of anilines is 1. The number of rotatable bonds is 3. The molecular formula is C27H33FN4O2. The first-order valence-corrected chi connectivity index (χ1v) is 11.7. The number of piperazine rings is 1. The van der Waals surface area contributed by atoms with Crippen molar-refractivity contribution in [1.29, 1.82) is 0 Å². The van der Waals surface area contributed by atoms with Crippen LogP contribution >= 0.6 is 0 Å². The van der Waals surface area contributed by atoms with E-state index in [1.54, 1.807) is 6.07 Å². The molecule has 1 saturated heterocycles. The van der Waals surface area contributed by atoms with Crippen LogP contribution in [0.2, 0.25) is 0 Å². The average Bonchev–Trinajstić information content (AvgIpc) is 3.16. The molecule has 2 aromatic carbocycles. The Hall–Kier alpha value is -3.06. The van der Waals surface area contributed by atoms with Crippen molar-refractivity contribution in [3.8, 4) is 5.75 Å². The Balaban J connectivity index is 1.81. The Labute approximate surface area is 203 Å². The van der Waals surface area contributed by atoms with Crippen molar-refractivity contribution in [3.05, 3.63) is 45.9 Å². The summed E-state index contributed by atoms with van der Waals surface area (Å²) in [6, 6.07) is 6.67. The Kier molecular flexibility index (Phi) is 4.54. The van der Waals surface area contributed by atoms with E-state index in [0.29, 0.717) is 24.1 Å². The largest absolute Gasteiger partial charge is 0.494 e. The van der Waals surface area contributed by atoms with E-state index in [-0.39, 0.29) is 45.9 Å². The highest BCUT2D eigenvalue weighted by atomic mass is 19.1. The number of methoxy groups -OCH3 is 1. The highest BCUT2D eigenvalue weighted by Gasteiger charge is 2.32. The highest BCUT2D eigenvalue weighted by molar-refractivity contribution is 6.10. The van der Waals surface area contributed by atoms with Gasteiger partial charge < -0.3 is 19.2 Å². The number of benzene rings is 2. The number of pyridine rings is 1. The van der Waals surface area contributed by atoms with E-state index < -0.39 is 12.8 Å². The molecule has 0 aliphatic carbocycles. The Morgan fingerprint density at radius 1 is 1.18 bits per heavy atom. The van der Waals surface area contributed by atoms with E-state index in [4.69, 9.17) is 8.85 Å². The minimum absolute atomic E-state index is 0.152. The van der Waals surface area contributed by atoms with Gasteiger partial charge in [-0.15, -0.1) is 0 Å². The number of aromatic nitrogens is 2. The number of nitrogens with one attached hydrogen (secondary N) is 1. The molecule has 0 amide bonds. The van der Waals surface area contributed by atoms with Gasteiger partial charge in [0, 0.05) is 46.2 Å². The molecule has 0 saturated carbocycles. The SMILES string of the molecule is [2H]C([2H])([2H])N1[C@H](C)CN(c2c(OC)cc3c(=O)c4c5ccc(C)cc5[nH]c4n(C(C)C)c3c2F)C[C@@H]1C. The fraction of sp³-hybridized carbons (Fsp3) is 0.444.